The quantitative estimate of drug-likeness (QED) is 0.921. The molecule has 0 saturated carbocycles. The lowest BCUT2D eigenvalue weighted by Gasteiger charge is -2.08. The number of rotatable bonds is 4. The number of amides is 1. The minimum Gasteiger partial charge on any atom is -0.347 e. The van der Waals surface area contributed by atoms with Gasteiger partial charge in [0.1, 0.15) is 5.69 Å². The van der Waals surface area contributed by atoms with Gasteiger partial charge >= 0.3 is 0 Å². The van der Waals surface area contributed by atoms with E-state index in [4.69, 9.17) is 0 Å². The molecule has 3 rings (SSSR count). The van der Waals surface area contributed by atoms with Gasteiger partial charge in [0.25, 0.3) is 5.91 Å². The van der Waals surface area contributed by atoms with Crippen molar-refractivity contribution in [2.75, 3.05) is 11.5 Å². The Morgan fingerprint density at radius 2 is 2.09 bits per heavy atom. The number of aromatic nitrogens is 1. The molecule has 1 amide bonds. The summed E-state index contributed by atoms with van der Waals surface area (Å²) in [5.74, 6) is -0.119. The first-order valence-electron chi connectivity index (χ1n) is 7.01. The number of sulfone groups is 1. The third-order valence-electron chi connectivity index (χ3n) is 3.55. The number of carbonyl (C=O) groups is 1. The minimum atomic E-state index is -2.99. The van der Waals surface area contributed by atoms with Crippen LogP contribution in [0, 0.1) is 0 Å². The van der Waals surface area contributed by atoms with Gasteiger partial charge in [0, 0.05) is 17.8 Å². The van der Waals surface area contributed by atoms with Crippen molar-refractivity contribution in [2.45, 2.75) is 18.9 Å². The van der Waals surface area contributed by atoms with Crippen molar-refractivity contribution >= 4 is 27.1 Å². The molecule has 1 aromatic heterocycles. The average Bonchev–Trinajstić information content (AvgIpc) is 3.07. The lowest BCUT2D eigenvalue weighted by atomic mass is 10.2. The van der Waals surface area contributed by atoms with Crippen molar-refractivity contribution in [1.29, 1.82) is 0 Å². The maximum atomic E-state index is 12.1. The lowest BCUT2D eigenvalue weighted by molar-refractivity contribution is 0.0936. The van der Waals surface area contributed by atoms with E-state index >= 15 is 0 Å². The largest absolute Gasteiger partial charge is 0.347 e. The van der Waals surface area contributed by atoms with Crippen LogP contribution in [-0.2, 0) is 16.3 Å². The number of nitrogens with zero attached hydrogens (tertiary/aromatic N) is 1. The standard InChI is InChI=1S/C15H16N2O3S2/c18-15(16-12-6-7-22(19,20)10-12)13-9-21-14(17-13)8-11-4-2-1-3-5-11/h1-5,9,12H,6-8,10H2,(H,16,18). The van der Waals surface area contributed by atoms with Gasteiger partial charge in [-0.1, -0.05) is 30.3 Å². The molecule has 1 N–H and O–H groups in total. The van der Waals surface area contributed by atoms with Crippen LogP contribution in [0.5, 0.6) is 0 Å². The summed E-state index contributed by atoms with van der Waals surface area (Å²) in [5, 5.41) is 5.34. The third kappa shape index (κ3) is 3.72. The number of benzene rings is 1. The Balaban J connectivity index is 1.62. The first-order chi connectivity index (χ1) is 10.5. The molecule has 116 valence electrons. The Morgan fingerprint density at radius 3 is 2.77 bits per heavy atom. The van der Waals surface area contributed by atoms with Gasteiger partial charge in [-0.3, -0.25) is 4.79 Å². The fourth-order valence-electron chi connectivity index (χ4n) is 2.44. The minimum absolute atomic E-state index is 0.0275. The highest BCUT2D eigenvalue weighted by atomic mass is 32.2. The average molecular weight is 336 g/mol. The van der Waals surface area contributed by atoms with E-state index in [9.17, 15) is 13.2 Å². The molecule has 1 aliphatic heterocycles. The van der Waals surface area contributed by atoms with Crippen molar-refractivity contribution in [3.05, 3.63) is 52.0 Å². The summed E-state index contributed by atoms with van der Waals surface area (Å²) in [5.41, 5.74) is 1.51. The monoisotopic (exact) mass is 336 g/mol. The van der Waals surface area contributed by atoms with E-state index in [1.54, 1.807) is 5.38 Å². The van der Waals surface area contributed by atoms with Crippen LogP contribution < -0.4 is 5.32 Å². The molecule has 1 aliphatic rings. The predicted molar refractivity (Wildman–Crippen MR) is 85.9 cm³/mol. The second-order valence-electron chi connectivity index (χ2n) is 5.36. The molecule has 1 unspecified atom stereocenters. The molecule has 1 aromatic carbocycles. The Hall–Kier alpha value is -1.73. The number of hydrogen-bond donors (Lipinski definition) is 1. The molecular weight excluding hydrogens is 320 g/mol. The molecule has 1 saturated heterocycles. The Bertz CT molecular complexity index is 769. The fourth-order valence-corrected chi connectivity index (χ4v) is 4.92. The van der Waals surface area contributed by atoms with Gasteiger partial charge in [-0.2, -0.15) is 0 Å². The summed E-state index contributed by atoms with van der Waals surface area (Å²) in [7, 11) is -2.99. The second kappa shape index (κ2) is 6.18. The predicted octanol–water partition coefficient (Wildman–Crippen LogP) is 1.65. The van der Waals surface area contributed by atoms with Crippen LogP contribution in [0.4, 0.5) is 0 Å². The van der Waals surface area contributed by atoms with Gasteiger partial charge in [0.15, 0.2) is 9.84 Å². The molecule has 0 aliphatic carbocycles. The van der Waals surface area contributed by atoms with E-state index in [-0.39, 0.29) is 23.5 Å². The number of nitrogens with one attached hydrogen (secondary N) is 1. The highest BCUT2D eigenvalue weighted by molar-refractivity contribution is 7.91. The first kappa shape index (κ1) is 15.2. The van der Waals surface area contributed by atoms with Gasteiger partial charge in [0.2, 0.25) is 0 Å². The van der Waals surface area contributed by atoms with E-state index in [0.29, 0.717) is 18.5 Å². The van der Waals surface area contributed by atoms with E-state index in [2.05, 4.69) is 10.3 Å². The van der Waals surface area contributed by atoms with E-state index in [1.807, 2.05) is 30.3 Å². The summed E-state index contributed by atoms with van der Waals surface area (Å²) in [6.07, 6.45) is 1.17. The Kier molecular flexibility index (Phi) is 4.26. The molecule has 5 nitrogen and oxygen atoms in total. The van der Waals surface area contributed by atoms with Gasteiger partial charge in [-0.15, -0.1) is 11.3 Å². The van der Waals surface area contributed by atoms with Crippen LogP contribution in [0.2, 0.25) is 0 Å². The smallest absolute Gasteiger partial charge is 0.271 e. The summed E-state index contributed by atoms with van der Waals surface area (Å²) >= 11 is 1.44. The molecule has 0 radical (unpaired) electrons. The van der Waals surface area contributed by atoms with Gasteiger partial charge < -0.3 is 5.32 Å². The fraction of sp³-hybridized carbons (Fsp3) is 0.333. The third-order valence-corrected chi connectivity index (χ3v) is 6.17. The summed E-state index contributed by atoms with van der Waals surface area (Å²) in [6, 6.07) is 9.64. The molecule has 2 heterocycles. The molecule has 22 heavy (non-hydrogen) atoms. The summed E-state index contributed by atoms with van der Waals surface area (Å²) < 4.78 is 22.8. The van der Waals surface area contributed by atoms with Crippen molar-refractivity contribution in [1.82, 2.24) is 10.3 Å². The van der Waals surface area contributed by atoms with Crippen molar-refractivity contribution in [3.63, 3.8) is 0 Å². The molecule has 7 heteroatoms. The second-order valence-corrected chi connectivity index (χ2v) is 8.53. The summed E-state index contributed by atoms with van der Waals surface area (Å²) in [4.78, 5) is 16.5. The van der Waals surface area contributed by atoms with Crippen LogP contribution >= 0.6 is 11.3 Å². The van der Waals surface area contributed by atoms with Gasteiger partial charge in [0.05, 0.1) is 16.5 Å². The Morgan fingerprint density at radius 1 is 1.32 bits per heavy atom. The van der Waals surface area contributed by atoms with Crippen LogP contribution in [-0.4, -0.2) is 36.9 Å². The van der Waals surface area contributed by atoms with Crippen LogP contribution in [0.25, 0.3) is 0 Å². The van der Waals surface area contributed by atoms with E-state index in [0.717, 1.165) is 10.6 Å². The SMILES string of the molecule is O=C(NC1CCS(=O)(=O)C1)c1csc(Cc2ccccc2)n1. The first-order valence-corrected chi connectivity index (χ1v) is 9.71. The normalized spacial score (nSPS) is 19.9. The van der Waals surface area contributed by atoms with Crippen LogP contribution in [0.3, 0.4) is 0 Å². The molecule has 0 spiro atoms. The van der Waals surface area contributed by atoms with Gasteiger partial charge in [-0.05, 0) is 12.0 Å². The maximum Gasteiger partial charge on any atom is 0.271 e. The number of hydrogen-bond acceptors (Lipinski definition) is 5. The highest BCUT2D eigenvalue weighted by Crippen LogP contribution is 2.16. The van der Waals surface area contributed by atoms with E-state index in [1.165, 1.54) is 11.3 Å². The number of carbonyl (C=O) groups excluding carboxylic acids is 1. The zero-order chi connectivity index (χ0) is 15.6. The molecular formula is C15H16N2O3S2. The number of thiazole rings is 1. The summed E-state index contributed by atoms with van der Waals surface area (Å²) in [6.45, 7) is 0. The molecule has 0 bridgehead atoms. The topological polar surface area (TPSA) is 76.1 Å². The van der Waals surface area contributed by atoms with Crippen LogP contribution in [0.1, 0.15) is 27.5 Å². The lowest BCUT2D eigenvalue weighted by Crippen LogP contribution is -2.35. The molecule has 1 atom stereocenters. The zero-order valence-corrected chi connectivity index (χ0v) is 13.5. The van der Waals surface area contributed by atoms with Gasteiger partial charge in [-0.25, -0.2) is 13.4 Å². The molecule has 1 fully saturated rings. The van der Waals surface area contributed by atoms with Crippen molar-refractivity contribution < 1.29 is 13.2 Å². The maximum absolute atomic E-state index is 12.1. The van der Waals surface area contributed by atoms with Crippen molar-refractivity contribution in [2.24, 2.45) is 0 Å². The van der Waals surface area contributed by atoms with E-state index < -0.39 is 9.84 Å². The Labute approximate surface area is 133 Å². The highest BCUT2D eigenvalue weighted by Gasteiger charge is 2.29. The van der Waals surface area contributed by atoms with Crippen molar-refractivity contribution in [3.8, 4) is 0 Å². The molecule has 2 aromatic rings. The zero-order valence-electron chi connectivity index (χ0n) is 11.9. The van der Waals surface area contributed by atoms with Crippen LogP contribution in [0.15, 0.2) is 35.7 Å².